The van der Waals surface area contributed by atoms with E-state index >= 15 is 0 Å². The first-order valence-corrected chi connectivity index (χ1v) is 26.3. The molecule has 0 radical (unpaired) electrons. The Morgan fingerprint density at radius 3 is 2.12 bits per heavy atom. The van der Waals surface area contributed by atoms with Crippen molar-refractivity contribution >= 4 is 71.8 Å². The molecule has 1 saturated heterocycles. The van der Waals surface area contributed by atoms with Gasteiger partial charge in [0.05, 0.1) is 19.0 Å². The van der Waals surface area contributed by atoms with Crippen molar-refractivity contribution in [1.29, 1.82) is 0 Å². The Kier molecular flexibility index (Phi) is 10.5. The van der Waals surface area contributed by atoms with Crippen LogP contribution in [-0.4, -0.2) is 55.0 Å². The highest BCUT2D eigenvalue weighted by atomic mass is 28.4. The first-order chi connectivity index (χ1) is 27.5. The highest BCUT2D eigenvalue weighted by Crippen LogP contribution is 2.44. The van der Waals surface area contributed by atoms with Crippen molar-refractivity contribution in [1.82, 2.24) is 19.5 Å². The molecule has 1 N–H and O–H groups in total. The molecule has 11 heteroatoms. The van der Waals surface area contributed by atoms with Crippen LogP contribution in [-0.2, 0) is 20.2 Å². The van der Waals surface area contributed by atoms with E-state index in [0.717, 1.165) is 27.4 Å². The summed E-state index contributed by atoms with van der Waals surface area (Å²) in [5, 5.41) is 10.7. The molecule has 0 unspecified atom stereocenters. The SMILES string of the molecule is CC(C)(C)[Si](C)(C)OC[C@H]1O[C@@H](n2cnc3c(OCc4ccccc4)nc(Nc4cc5c6ccccc6ccc5c5ccccc45)nc32)C[C@@H]1O[Si](C)(C)C(C)(C)C. The van der Waals surface area contributed by atoms with Gasteiger partial charge in [-0.3, -0.25) is 4.57 Å². The molecule has 0 aliphatic carbocycles. The molecule has 3 atom stereocenters. The zero-order valence-corrected chi connectivity index (χ0v) is 37.6. The maximum atomic E-state index is 7.13. The first kappa shape index (κ1) is 40.1. The molecule has 1 aliphatic rings. The van der Waals surface area contributed by atoms with Crippen molar-refractivity contribution < 1.29 is 18.3 Å². The van der Waals surface area contributed by atoms with E-state index in [-0.39, 0.29) is 28.5 Å². The largest absolute Gasteiger partial charge is 0.471 e. The van der Waals surface area contributed by atoms with E-state index in [4.69, 9.17) is 33.3 Å². The molecule has 1 aliphatic heterocycles. The molecule has 302 valence electrons. The third kappa shape index (κ3) is 7.78. The lowest BCUT2D eigenvalue weighted by molar-refractivity contribution is -0.0383. The topological polar surface area (TPSA) is 92.6 Å². The molecule has 1 fully saturated rings. The molecule has 7 aromatic rings. The number of benzene rings is 5. The Balaban J connectivity index is 1.20. The number of ether oxygens (including phenoxy) is 2. The Labute approximate surface area is 344 Å². The normalized spacial score (nSPS) is 18.1. The van der Waals surface area contributed by atoms with Crippen molar-refractivity contribution in [2.24, 2.45) is 0 Å². The van der Waals surface area contributed by atoms with Gasteiger partial charge in [-0.25, -0.2) is 4.98 Å². The molecular formula is C47H57N5O4Si2. The number of hydrogen-bond acceptors (Lipinski definition) is 8. The number of aromatic nitrogens is 4. The van der Waals surface area contributed by atoms with E-state index in [2.05, 4.69) is 140 Å². The molecule has 0 spiro atoms. The summed E-state index contributed by atoms with van der Waals surface area (Å²) >= 11 is 0. The summed E-state index contributed by atoms with van der Waals surface area (Å²) in [5.74, 6) is 0.808. The van der Waals surface area contributed by atoms with Crippen LogP contribution in [0, 0.1) is 0 Å². The van der Waals surface area contributed by atoms with Gasteiger partial charge in [0.25, 0.3) is 0 Å². The fourth-order valence-electron chi connectivity index (χ4n) is 7.28. The average Bonchev–Trinajstić information content (AvgIpc) is 3.79. The molecule has 58 heavy (non-hydrogen) atoms. The van der Waals surface area contributed by atoms with Gasteiger partial charge < -0.3 is 23.6 Å². The number of rotatable bonds is 11. The van der Waals surface area contributed by atoms with E-state index in [1.807, 2.05) is 34.9 Å². The van der Waals surface area contributed by atoms with Gasteiger partial charge in [-0.15, -0.1) is 0 Å². The predicted octanol–water partition coefficient (Wildman–Crippen LogP) is 12.3. The number of hydrogen-bond donors (Lipinski definition) is 1. The van der Waals surface area contributed by atoms with Crippen molar-refractivity contribution in [2.75, 3.05) is 11.9 Å². The Hall–Kier alpha value is -4.66. The maximum Gasteiger partial charge on any atom is 0.247 e. The van der Waals surface area contributed by atoms with Gasteiger partial charge in [-0.2, -0.15) is 9.97 Å². The minimum atomic E-state index is -2.16. The van der Waals surface area contributed by atoms with Gasteiger partial charge >= 0.3 is 0 Å². The fraction of sp³-hybridized carbons (Fsp3) is 0.383. The number of nitrogens with zero attached hydrogens (tertiary/aromatic N) is 4. The third-order valence-electron chi connectivity index (χ3n) is 12.8. The van der Waals surface area contributed by atoms with Gasteiger partial charge in [-0.1, -0.05) is 133 Å². The van der Waals surface area contributed by atoms with E-state index in [9.17, 15) is 0 Å². The van der Waals surface area contributed by atoms with Gasteiger partial charge in [0.2, 0.25) is 11.8 Å². The lowest BCUT2D eigenvalue weighted by Gasteiger charge is -2.40. The van der Waals surface area contributed by atoms with Gasteiger partial charge in [0, 0.05) is 17.5 Å². The molecule has 0 saturated carbocycles. The lowest BCUT2D eigenvalue weighted by Crippen LogP contribution is -2.48. The lowest BCUT2D eigenvalue weighted by atomic mass is 9.96. The molecule has 2 aromatic heterocycles. The third-order valence-corrected chi connectivity index (χ3v) is 21.8. The Bertz CT molecular complexity index is 2600. The molecule has 0 bridgehead atoms. The predicted molar refractivity (Wildman–Crippen MR) is 242 cm³/mol. The molecular weight excluding hydrogens is 755 g/mol. The number of nitrogens with one attached hydrogen (secondary N) is 1. The first-order valence-electron chi connectivity index (χ1n) is 20.5. The summed E-state index contributed by atoms with van der Waals surface area (Å²) in [6.07, 6.45) is 1.66. The van der Waals surface area contributed by atoms with E-state index in [0.29, 0.717) is 42.6 Å². The summed E-state index contributed by atoms with van der Waals surface area (Å²) in [7, 11) is -4.22. The van der Waals surface area contributed by atoms with Crippen molar-refractivity contribution in [2.45, 2.75) is 109 Å². The van der Waals surface area contributed by atoms with Crippen LogP contribution in [0.1, 0.15) is 59.8 Å². The molecule has 3 heterocycles. The van der Waals surface area contributed by atoms with Crippen LogP contribution in [0.2, 0.25) is 36.3 Å². The van der Waals surface area contributed by atoms with Gasteiger partial charge in [0.1, 0.15) is 18.9 Å². The highest BCUT2D eigenvalue weighted by molar-refractivity contribution is 6.74. The van der Waals surface area contributed by atoms with Crippen LogP contribution in [0.3, 0.4) is 0 Å². The van der Waals surface area contributed by atoms with Crippen LogP contribution in [0.25, 0.3) is 43.5 Å². The second-order valence-electron chi connectivity index (χ2n) is 18.8. The zero-order chi connectivity index (χ0) is 41.0. The maximum absolute atomic E-state index is 7.13. The summed E-state index contributed by atoms with van der Waals surface area (Å²) in [5.41, 5.74) is 3.13. The minimum Gasteiger partial charge on any atom is -0.471 e. The standard InChI is InChI=1S/C47H57N5O4Si2/c1-46(2,3)57(7,8)54-29-40-39(56-58(9,10)47(4,5)6)27-41(55-40)52-30-48-42-43(52)50-45(51-44(42)53-28-31-18-12-11-13-19-31)49-38-26-37-33-21-15-14-20-32(33)24-25-35(37)34-22-16-17-23-36(34)38/h11-26,30,39-41H,27-29H2,1-10H3,(H,49,50,51)/t39-,40+,41+/m0/s1. The van der Waals surface area contributed by atoms with Crippen LogP contribution in [0.4, 0.5) is 11.6 Å². The van der Waals surface area contributed by atoms with Gasteiger partial charge in [0.15, 0.2) is 27.8 Å². The fourth-order valence-corrected chi connectivity index (χ4v) is 9.65. The van der Waals surface area contributed by atoms with Crippen molar-refractivity contribution in [3.63, 3.8) is 0 Å². The van der Waals surface area contributed by atoms with Crippen molar-refractivity contribution in [3.05, 3.63) is 109 Å². The molecule has 5 aromatic carbocycles. The molecule has 8 rings (SSSR count). The zero-order valence-electron chi connectivity index (χ0n) is 35.6. The van der Waals surface area contributed by atoms with Crippen molar-refractivity contribution in [3.8, 4) is 5.88 Å². The summed E-state index contributed by atoms with van der Waals surface area (Å²) in [6, 6.07) is 33.7. The summed E-state index contributed by atoms with van der Waals surface area (Å²) in [4.78, 5) is 15.1. The quantitative estimate of drug-likeness (QED) is 0.102. The number of imidazole rings is 1. The minimum absolute atomic E-state index is 0.0373. The van der Waals surface area contributed by atoms with E-state index in [1.54, 1.807) is 6.33 Å². The monoisotopic (exact) mass is 811 g/mol. The highest BCUT2D eigenvalue weighted by Gasteiger charge is 2.47. The van der Waals surface area contributed by atoms with E-state index < -0.39 is 16.6 Å². The van der Waals surface area contributed by atoms with E-state index in [1.165, 1.54) is 16.2 Å². The summed E-state index contributed by atoms with van der Waals surface area (Å²) < 4.78 is 29.4. The average molecular weight is 812 g/mol. The van der Waals surface area contributed by atoms with Crippen LogP contribution >= 0.6 is 0 Å². The van der Waals surface area contributed by atoms with Crippen LogP contribution in [0.15, 0.2) is 103 Å². The summed E-state index contributed by atoms with van der Waals surface area (Å²) in [6.45, 7) is 23.6. The molecule has 9 nitrogen and oxygen atoms in total. The molecule has 0 amide bonds. The van der Waals surface area contributed by atoms with Crippen LogP contribution in [0.5, 0.6) is 5.88 Å². The number of anilines is 2. The number of fused-ring (bicyclic) bond motifs is 6. The smallest absolute Gasteiger partial charge is 0.247 e. The van der Waals surface area contributed by atoms with Gasteiger partial charge in [-0.05, 0) is 74.8 Å². The Morgan fingerprint density at radius 1 is 0.741 bits per heavy atom. The second-order valence-corrected chi connectivity index (χ2v) is 28.3. The second kappa shape index (κ2) is 15.2. The Morgan fingerprint density at radius 2 is 1.40 bits per heavy atom. The van der Waals surface area contributed by atoms with Crippen LogP contribution < -0.4 is 10.1 Å².